The number of nitrogens with two attached hydrogens (primary N) is 1. The zero-order valence-electron chi connectivity index (χ0n) is 21.1. The van der Waals surface area contributed by atoms with Crippen molar-refractivity contribution in [2.45, 2.75) is 13.8 Å². The van der Waals surface area contributed by atoms with Gasteiger partial charge in [-0.15, -0.1) is 0 Å². The van der Waals surface area contributed by atoms with Crippen molar-refractivity contribution in [2.24, 2.45) is 11.7 Å². The van der Waals surface area contributed by atoms with Gasteiger partial charge in [0.05, 0.1) is 34.0 Å². The number of hydrogen-bond acceptors (Lipinski definition) is 6. The Morgan fingerprint density at radius 2 is 1.61 bits per heavy atom. The van der Waals surface area contributed by atoms with Crippen molar-refractivity contribution in [3.8, 4) is 16.9 Å². The van der Waals surface area contributed by atoms with E-state index in [0.29, 0.717) is 32.5 Å². The lowest BCUT2D eigenvalue weighted by molar-refractivity contribution is -0.118. The van der Waals surface area contributed by atoms with Crippen LogP contribution >= 0.6 is 23.2 Å². The van der Waals surface area contributed by atoms with Gasteiger partial charge >= 0.3 is 5.97 Å². The minimum absolute atomic E-state index is 0.0417. The third-order valence-corrected chi connectivity index (χ3v) is 6.70. The molecule has 8 heteroatoms. The summed E-state index contributed by atoms with van der Waals surface area (Å²) in [5.74, 6) is -0.308. The second kappa shape index (κ2) is 11.7. The molecular formula is C30H26Cl2N2O4. The van der Waals surface area contributed by atoms with Crippen molar-refractivity contribution < 1.29 is 19.1 Å². The maximum Gasteiger partial charge on any atom is 0.339 e. The number of esters is 1. The molecule has 2 N–H and O–H groups in total. The Kier molecular flexibility index (Phi) is 8.35. The molecule has 1 aromatic heterocycles. The molecule has 4 aromatic rings. The second-order valence-electron chi connectivity index (χ2n) is 8.97. The standard InChI is InChI=1S/C30H26Cl2N2O4/c1-17(2)29(35)24(28(33)27-25(31)5-4-6-26(27)32)16-38-23-10-9-18-11-19(7-8-20(18)13-23)21-12-22(15-34-14-21)30(36)37-3/h4-15,17H,16,33H2,1-3H3/b28-24-. The topological polar surface area (TPSA) is 91.5 Å². The molecular weight excluding hydrogens is 523 g/mol. The zero-order valence-corrected chi connectivity index (χ0v) is 22.6. The van der Waals surface area contributed by atoms with Crippen LogP contribution in [-0.4, -0.2) is 30.5 Å². The number of fused-ring (bicyclic) bond motifs is 1. The summed E-state index contributed by atoms with van der Waals surface area (Å²) in [6, 6.07) is 18.3. The average molecular weight is 549 g/mol. The summed E-state index contributed by atoms with van der Waals surface area (Å²) in [5, 5.41) is 2.62. The van der Waals surface area contributed by atoms with Gasteiger partial charge < -0.3 is 15.2 Å². The highest BCUT2D eigenvalue weighted by molar-refractivity contribution is 6.37. The highest BCUT2D eigenvalue weighted by atomic mass is 35.5. The van der Waals surface area contributed by atoms with Crippen LogP contribution < -0.4 is 10.5 Å². The molecule has 0 aliphatic heterocycles. The molecule has 0 saturated carbocycles. The number of nitrogens with zero attached hydrogens (tertiary/aromatic N) is 1. The van der Waals surface area contributed by atoms with Gasteiger partial charge in [0.2, 0.25) is 0 Å². The van der Waals surface area contributed by atoms with Crippen molar-refractivity contribution in [3.63, 3.8) is 0 Å². The SMILES string of the molecule is COC(=O)c1cncc(-c2ccc3cc(OC/C(C(=O)C(C)C)=C(/N)c4c(Cl)cccc4Cl)ccc3c2)c1. The number of rotatable bonds is 8. The molecule has 0 bridgehead atoms. The van der Waals surface area contributed by atoms with Gasteiger partial charge in [0.1, 0.15) is 12.4 Å². The van der Waals surface area contributed by atoms with Crippen molar-refractivity contribution in [1.82, 2.24) is 4.98 Å². The van der Waals surface area contributed by atoms with Gasteiger partial charge in [-0.2, -0.15) is 0 Å². The van der Waals surface area contributed by atoms with Gasteiger partial charge in [-0.1, -0.05) is 61.3 Å². The number of hydrogen-bond donors (Lipinski definition) is 1. The smallest absolute Gasteiger partial charge is 0.339 e. The van der Waals surface area contributed by atoms with Crippen molar-refractivity contribution in [3.05, 3.63) is 99.8 Å². The number of aromatic nitrogens is 1. The van der Waals surface area contributed by atoms with Crippen LogP contribution in [0, 0.1) is 5.92 Å². The van der Waals surface area contributed by atoms with Gasteiger partial charge in [0, 0.05) is 29.4 Å². The first-order chi connectivity index (χ1) is 18.2. The number of ketones is 1. The zero-order chi connectivity index (χ0) is 27.4. The Morgan fingerprint density at radius 3 is 2.29 bits per heavy atom. The molecule has 1 heterocycles. The second-order valence-corrected chi connectivity index (χ2v) is 9.79. The molecule has 0 fully saturated rings. The van der Waals surface area contributed by atoms with E-state index in [4.69, 9.17) is 38.4 Å². The molecule has 0 spiro atoms. The van der Waals surface area contributed by atoms with Crippen LogP contribution in [-0.2, 0) is 9.53 Å². The first-order valence-electron chi connectivity index (χ1n) is 11.9. The Bertz CT molecular complexity index is 1540. The number of halogens is 2. The van der Waals surface area contributed by atoms with E-state index in [9.17, 15) is 9.59 Å². The molecule has 0 unspecified atom stereocenters. The fourth-order valence-electron chi connectivity index (χ4n) is 4.01. The Labute approximate surface area is 231 Å². The number of methoxy groups -OCH3 is 1. The summed E-state index contributed by atoms with van der Waals surface area (Å²) in [4.78, 5) is 29.1. The Balaban J connectivity index is 1.62. The number of benzene rings is 3. The van der Waals surface area contributed by atoms with Crippen LogP contribution in [0.5, 0.6) is 5.75 Å². The number of Topliss-reactive ketones (excluding diaryl/α,β-unsaturated/α-hetero) is 1. The number of pyridine rings is 1. The van der Waals surface area contributed by atoms with Crippen molar-refractivity contribution >= 4 is 51.4 Å². The van der Waals surface area contributed by atoms with E-state index in [-0.39, 0.29) is 24.0 Å². The van der Waals surface area contributed by atoms with Crippen LogP contribution in [0.25, 0.3) is 27.6 Å². The molecule has 0 saturated heterocycles. The minimum atomic E-state index is -0.441. The molecule has 0 aliphatic carbocycles. The minimum Gasteiger partial charge on any atom is -0.489 e. The molecule has 6 nitrogen and oxygen atoms in total. The molecule has 38 heavy (non-hydrogen) atoms. The lowest BCUT2D eigenvalue weighted by Crippen LogP contribution is -2.21. The maximum absolute atomic E-state index is 13.0. The predicted octanol–water partition coefficient (Wildman–Crippen LogP) is 6.97. The largest absolute Gasteiger partial charge is 0.489 e. The predicted molar refractivity (Wildman–Crippen MR) is 151 cm³/mol. The van der Waals surface area contributed by atoms with E-state index in [0.717, 1.165) is 21.9 Å². The van der Waals surface area contributed by atoms with Crippen LogP contribution in [0.2, 0.25) is 10.0 Å². The summed E-state index contributed by atoms with van der Waals surface area (Å²) >= 11 is 12.7. The number of ether oxygens (including phenoxy) is 2. The quantitative estimate of drug-likeness (QED) is 0.189. The summed E-state index contributed by atoms with van der Waals surface area (Å²) in [6.45, 7) is 3.56. The number of carbonyl (C=O) groups excluding carboxylic acids is 2. The summed E-state index contributed by atoms with van der Waals surface area (Å²) in [5.41, 5.74) is 9.43. The van der Waals surface area contributed by atoms with Gasteiger partial charge in [0.15, 0.2) is 5.78 Å². The molecule has 0 amide bonds. The highest BCUT2D eigenvalue weighted by Gasteiger charge is 2.22. The first-order valence-corrected chi connectivity index (χ1v) is 12.6. The van der Waals surface area contributed by atoms with Crippen LogP contribution in [0.1, 0.15) is 29.8 Å². The fourth-order valence-corrected chi connectivity index (χ4v) is 4.61. The van der Waals surface area contributed by atoms with E-state index in [2.05, 4.69) is 4.98 Å². The molecule has 0 atom stereocenters. The molecule has 194 valence electrons. The van der Waals surface area contributed by atoms with Gasteiger partial charge in [-0.05, 0) is 52.7 Å². The van der Waals surface area contributed by atoms with E-state index < -0.39 is 5.97 Å². The van der Waals surface area contributed by atoms with Gasteiger partial charge in [0.25, 0.3) is 0 Å². The van der Waals surface area contributed by atoms with Crippen LogP contribution in [0.3, 0.4) is 0 Å². The molecule has 4 rings (SSSR count). The lowest BCUT2D eigenvalue weighted by Gasteiger charge is -2.16. The third kappa shape index (κ3) is 5.82. The van der Waals surface area contributed by atoms with Gasteiger partial charge in [-0.3, -0.25) is 9.78 Å². The lowest BCUT2D eigenvalue weighted by atomic mass is 9.97. The van der Waals surface area contributed by atoms with Crippen LogP contribution in [0.15, 0.2) is 78.6 Å². The normalized spacial score (nSPS) is 11.8. The monoisotopic (exact) mass is 548 g/mol. The number of carbonyl (C=O) groups is 2. The Hall–Kier alpha value is -3.87. The fraction of sp³-hybridized carbons (Fsp3) is 0.167. The Morgan fingerprint density at radius 1 is 0.921 bits per heavy atom. The summed E-state index contributed by atoms with van der Waals surface area (Å²) < 4.78 is 10.8. The molecule has 3 aromatic carbocycles. The van der Waals surface area contributed by atoms with Crippen LogP contribution in [0.4, 0.5) is 0 Å². The molecule has 0 radical (unpaired) electrons. The van der Waals surface area contributed by atoms with Gasteiger partial charge in [-0.25, -0.2) is 4.79 Å². The maximum atomic E-state index is 13.0. The van der Waals surface area contributed by atoms with E-state index in [1.54, 1.807) is 44.3 Å². The molecule has 0 aliphatic rings. The van der Waals surface area contributed by atoms with Crippen molar-refractivity contribution in [1.29, 1.82) is 0 Å². The third-order valence-electron chi connectivity index (χ3n) is 6.07. The summed E-state index contributed by atoms with van der Waals surface area (Å²) in [7, 11) is 1.34. The van der Waals surface area contributed by atoms with Crippen molar-refractivity contribution in [2.75, 3.05) is 13.7 Å². The van der Waals surface area contributed by atoms with E-state index in [1.807, 2.05) is 36.4 Å². The first kappa shape index (κ1) is 27.2. The summed E-state index contributed by atoms with van der Waals surface area (Å²) in [6.07, 6.45) is 3.17. The average Bonchev–Trinajstić information content (AvgIpc) is 2.92. The van der Waals surface area contributed by atoms with E-state index >= 15 is 0 Å². The highest BCUT2D eigenvalue weighted by Crippen LogP contribution is 2.32. The van der Waals surface area contributed by atoms with E-state index in [1.165, 1.54) is 13.3 Å².